The third kappa shape index (κ3) is 2.96. The van der Waals surface area contributed by atoms with Crippen LogP contribution in [0.2, 0.25) is 0 Å². The Bertz CT molecular complexity index is 452. The molecule has 2 aliphatic heterocycles. The number of rotatable bonds is 3. The Labute approximate surface area is 120 Å². The minimum atomic E-state index is 0.168. The summed E-state index contributed by atoms with van der Waals surface area (Å²) in [4.78, 5) is 4.50. The molecule has 2 aliphatic rings. The fraction of sp³-hybridized carbons (Fsp3) is 0.562. The first-order chi connectivity index (χ1) is 9.89. The molecule has 0 atom stereocenters. The predicted octanol–water partition coefficient (Wildman–Crippen LogP) is 1.67. The number of hydrogen-bond acceptors (Lipinski definition) is 4. The highest BCUT2D eigenvalue weighted by Crippen LogP contribution is 2.34. The average molecular weight is 273 g/mol. The van der Waals surface area contributed by atoms with E-state index >= 15 is 0 Å². The second kappa shape index (κ2) is 6.27. The van der Waals surface area contributed by atoms with E-state index in [9.17, 15) is 0 Å². The molecule has 1 aromatic rings. The highest BCUT2D eigenvalue weighted by Gasteiger charge is 2.34. The summed E-state index contributed by atoms with van der Waals surface area (Å²) in [5, 5.41) is 6.85. The zero-order chi connectivity index (χ0) is 13.7. The predicted molar refractivity (Wildman–Crippen MR) is 81.1 cm³/mol. The lowest BCUT2D eigenvalue weighted by atomic mass is 9.74. The third-order valence-electron chi connectivity index (χ3n) is 4.33. The molecule has 4 heteroatoms. The maximum Gasteiger partial charge on any atom is 0.191 e. The third-order valence-corrected chi connectivity index (χ3v) is 4.33. The van der Waals surface area contributed by atoms with Crippen molar-refractivity contribution in [3.8, 4) is 0 Å². The van der Waals surface area contributed by atoms with Crippen LogP contribution in [-0.4, -0.2) is 38.8 Å². The first-order valence-electron chi connectivity index (χ1n) is 7.55. The van der Waals surface area contributed by atoms with Gasteiger partial charge in [-0.25, -0.2) is 0 Å². The van der Waals surface area contributed by atoms with E-state index < -0.39 is 0 Å². The summed E-state index contributed by atoms with van der Waals surface area (Å²) in [6.07, 6.45) is 3.26. The smallest absolute Gasteiger partial charge is 0.191 e. The number of aliphatic imine (C=N–C) groups is 1. The molecule has 0 radical (unpaired) electrons. The Morgan fingerprint density at radius 2 is 2.00 bits per heavy atom. The van der Waals surface area contributed by atoms with Gasteiger partial charge in [0.2, 0.25) is 0 Å². The Morgan fingerprint density at radius 1 is 1.20 bits per heavy atom. The van der Waals surface area contributed by atoms with Crippen LogP contribution in [0.25, 0.3) is 0 Å². The summed E-state index contributed by atoms with van der Waals surface area (Å²) in [6.45, 7) is 4.56. The van der Waals surface area contributed by atoms with Gasteiger partial charge in [-0.15, -0.1) is 0 Å². The molecule has 0 amide bonds. The van der Waals surface area contributed by atoms with Crippen molar-refractivity contribution in [2.45, 2.75) is 24.7 Å². The van der Waals surface area contributed by atoms with Crippen molar-refractivity contribution in [1.82, 2.24) is 10.6 Å². The lowest BCUT2D eigenvalue weighted by molar-refractivity contribution is 0.0513. The van der Waals surface area contributed by atoms with E-state index in [4.69, 9.17) is 4.74 Å². The summed E-state index contributed by atoms with van der Waals surface area (Å²) in [5.41, 5.74) is 1.58. The molecule has 1 fully saturated rings. The maximum absolute atomic E-state index is 5.56. The van der Waals surface area contributed by atoms with Crippen LogP contribution in [0.4, 0.5) is 0 Å². The first kappa shape index (κ1) is 13.4. The van der Waals surface area contributed by atoms with E-state index in [2.05, 4.69) is 46.0 Å². The number of ether oxygens (including phenoxy) is 1. The number of guanidine groups is 1. The van der Waals surface area contributed by atoms with Gasteiger partial charge in [0.25, 0.3) is 0 Å². The molecule has 0 unspecified atom stereocenters. The monoisotopic (exact) mass is 273 g/mol. The molecule has 2 N–H and O–H groups in total. The van der Waals surface area contributed by atoms with Gasteiger partial charge in [0, 0.05) is 38.3 Å². The topological polar surface area (TPSA) is 45.7 Å². The molecule has 3 rings (SSSR count). The number of nitrogens with one attached hydrogen (secondary N) is 2. The van der Waals surface area contributed by atoms with Gasteiger partial charge in [-0.1, -0.05) is 30.3 Å². The van der Waals surface area contributed by atoms with Crippen LogP contribution in [0.1, 0.15) is 24.8 Å². The van der Waals surface area contributed by atoms with E-state index in [-0.39, 0.29) is 5.41 Å². The highest BCUT2D eigenvalue weighted by atomic mass is 16.5. The van der Waals surface area contributed by atoms with Crippen LogP contribution in [0.5, 0.6) is 0 Å². The van der Waals surface area contributed by atoms with Crippen molar-refractivity contribution in [2.75, 3.05) is 32.8 Å². The SMILES string of the molecule is c1ccc(C2(CNC3=NCCCN3)CCOCC2)cc1. The molecule has 0 bridgehead atoms. The maximum atomic E-state index is 5.56. The Hall–Kier alpha value is -1.55. The second-order valence-corrected chi connectivity index (χ2v) is 5.62. The number of benzene rings is 1. The molecule has 20 heavy (non-hydrogen) atoms. The van der Waals surface area contributed by atoms with E-state index in [1.54, 1.807) is 0 Å². The van der Waals surface area contributed by atoms with Gasteiger partial charge in [-0.2, -0.15) is 0 Å². The van der Waals surface area contributed by atoms with Crippen LogP contribution >= 0.6 is 0 Å². The zero-order valence-corrected chi connectivity index (χ0v) is 11.9. The van der Waals surface area contributed by atoms with Crippen LogP contribution < -0.4 is 10.6 Å². The summed E-state index contributed by atoms with van der Waals surface area (Å²) < 4.78 is 5.56. The number of hydrogen-bond donors (Lipinski definition) is 2. The zero-order valence-electron chi connectivity index (χ0n) is 11.9. The largest absolute Gasteiger partial charge is 0.381 e. The van der Waals surface area contributed by atoms with Gasteiger partial charge in [-0.3, -0.25) is 4.99 Å². The lowest BCUT2D eigenvalue weighted by Gasteiger charge is -2.38. The summed E-state index contributed by atoms with van der Waals surface area (Å²) in [6, 6.07) is 10.8. The molecule has 0 spiro atoms. The van der Waals surface area contributed by atoms with Crippen LogP contribution in [0.3, 0.4) is 0 Å². The minimum Gasteiger partial charge on any atom is -0.381 e. The fourth-order valence-corrected chi connectivity index (χ4v) is 3.03. The van der Waals surface area contributed by atoms with Gasteiger partial charge in [-0.05, 0) is 24.8 Å². The summed E-state index contributed by atoms with van der Waals surface area (Å²) in [5.74, 6) is 0.957. The van der Waals surface area contributed by atoms with Crippen molar-refractivity contribution in [1.29, 1.82) is 0 Å². The van der Waals surface area contributed by atoms with Crippen LogP contribution in [0.15, 0.2) is 35.3 Å². The highest BCUT2D eigenvalue weighted by molar-refractivity contribution is 5.80. The summed E-state index contributed by atoms with van der Waals surface area (Å²) in [7, 11) is 0. The van der Waals surface area contributed by atoms with Gasteiger partial charge >= 0.3 is 0 Å². The molecular weight excluding hydrogens is 250 g/mol. The normalized spacial score (nSPS) is 21.7. The molecule has 0 aromatic heterocycles. The fourth-order valence-electron chi connectivity index (χ4n) is 3.03. The van der Waals surface area contributed by atoms with Crippen molar-refractivity contribution in [2.24, 2.45) is 4.99 Å². The van der Waals surface area contributed by atoms with Gasteiger partial charge in [0.15, 0.2) is 5.96 Å². The van der Waals surface area contributed by atoms with E-state index in [1.165, 1.54) is 5.56 Å². The quantitative estimate of drug-likeness (QED) is 0.880. The first-order valence-corrected chi connectivity index (χ1v) is 7.55. The molecule has 0 aliphatic carbocycles. The molecule has 4 nitrogen and oxygen atoms in total. The van der Waals surface area contributed by atoms with Crippen molar-refractivity contribution in [3.63, 3.8) is 0 Å². The molecule has 1 aromatic carbocycles. The van der Waals surface area contributed by atoms with Crippen molar-refractivity contribution >= 4 is 5.96 Å². The van der Waals surface area contributed by atoms with Crippen molar-refractivity contribution < 1.29 is 4.74 Å². The van der Waals surface area contributed by atoms with Crippen LogP contribution in [-0.2, 0) is 10.2 Å². The van der Waals surface area contributed by atoms with E-state index in [0.29, 0.717) is 0 Å². The van der Waals surface area contributed by atoms with E-state index in [0.717, 1.165) is 58.1 Å². The second-order valence-electron chi connectivity index (χ2n) is 5.62. The minimum absolute atomic E-state index is 0.168. The van der Waals surface area contributed by atoms with Gasteiger partial charge in [0.05, 0.1) is 0 Å². The Morgan fingerprint density at radius 3 is 2.70 bits per heavy atom. The molecule has 1 saturated heterocycles. The standard InChI is InChI=1S/C16H23N3O/c1-2-5-14(6-3-1)16(7-11-20-12-8-16)13-19-15-17-9-4-10-18-15/h1-3,5-6H,4,7-13H2,(H2,17,18,19). The molecule has 108 valence electrons. The Balaban J connectivity index is 1.74. The molecular formula is C16H23N3O. The number of nitrogens with zero attached hydrogens (tertiary/aromatic N) is 1. The lowest BCUT2D eigenvalue weighted by Crippen LogP contribution is -2.49. The molecule has 0 saturated carbocycles. The van der Waals surface area contributed by atoms with Gasteiger partial charge in [0.1, 0.15) is 0 Å². The van der Waals surface area contributed by atoms with E-state index in [1.807, 2.05) is 0 Å². The molecule has 2 heterocycles. The van der Waals surface area contributed by atoms with Crippen molar-refractivity contribution in [3.05, 3.63) is 35.9 Å². The average Bonchev–Trinajstić information content (AvgIpc) is 2.56. The van der Waals surface area contributed by atoms with Gasteiger partial charge < -0.3 is 15.4 Å². The Kier molecular flexibility index (Phi) is 4.21. The van der Waals surface area contributed by atoms with Crippen LogP contribution in [0, 0.1) is 0 Å². The summed E-state index contributed by atoms with van der Waals surface area (Å²) >= 11 is 0.